The minimum Gasteiger partial charge on any atom is -0.393 e. The molecule has 8 heteroatoms. The van der Waals surface area contributed by atoms with Crippen LogP contribution in [0.4, 0.5) is 0 Å². The minimum atomic E-state index is -4.06. The molecule has 0 radical (unpaired) electrons. The lowest BCUT2D eigenvalue weighted by atomic mass is 9.43. The number of carbonyl (C=O) groups is 1. The molecule has 1 amide bonds. The Morgan fingerprint density at radius 3 is 2.50 bits per heavy atom. The molecule has 0 aromatic carbocycles. The van der Waals surface area contributed by atoms with Gasteiger partial charge >= 0.3 is 0 Å². The molecule has 0 saturated heterocycles. The molecule has 4 aliphatic rings. The number of rotatable bonds is 7. The van der Waals surface area contributed by atoms with Crippen molar-refractivity contribution in [1.29, 1.82) is 0 Å². The number of aliphatic hydroxyl groups is 2. The van der Waals surface area contributed by atoms with Gasteiger partial charge in [0.05, 0.1) is 18.0 Å². The standard InChI is InChI=1S/C26H45NO6S/c1-16(4-9-24(30)27-12-13-34(31,32)33)20-7-8-21-19-6-5-17-14-18(28)15-23(29)26(17,3)22(19)10-11-25(20,21)2/h16-23,28-29H,4-15H2,1-3H3,(H,27,30)(H,31,32,33)/t16-,17-,18+,19+,20-,21+,22+,23-,25-,26+/m1/s1. The summed E-state index contributed by atoms with van der Waals surface area (Å²) in [6, 6.07) is 0. The van der Waals surface area contributed by atoms with Gasteiger partial charge in [-0.25, -0.2) is 0 Å². The molecule has 0 unspecified atom stereocenters. The van der Waals surface area contributed by atoms with Gasteiger partial charge in [-0.1, -0.05) is 20.8 Å². The summed E-state index contributed by atoms with van der Waals surface area (Å²) in [5.41, 5.74) is 0.192. The molecule has 4 saturated carbocycles. The van der Waals surface area contributed by atoms with Crippen LogP contribution in [0.5, 0.6) is 0 Å². The van der Waals surface area contributed by atoms with Crippen LogP contribution in [0.3, 0.4) is 0 Å². The second-order valence-corrected chi connectivity index (χ2v) is 14.1. The van der Waals surface area contributed by atoms with Gasteiger partial charge in [-0.3, -0.25) is 9.35 Å². The first-order valence-corrected chi connectivity index (χ1v) is 15.0. The number of fused-ring (bicyclic) bond motifs is 5. The zero-order chi connectivity index (χ0) is 24.9. The Labute approximate surface area is 205 Å². The first-order chi connectivity index (χ1) is 15.9. The summed E-state index contributed by atoms with van der Waals surface area (Å²) in [5, 5.41) is 24.0. The number of hydrogen-bond donors (Lipinski definition) is 4. The molecule has 4 rings (SSSR count). The van der Waals surface area contributed by atoms with E-state index in [0.29, 0.717) is 48.3 Å². The topological polar surface area (TPSA) is 124 Å². The van der Waals surface area contributed by atoms with E-state index in [0.717, 1.165) is 25.7 Å². The molecule has 7 nitrogen and oxygen atoms in total. The van der Waals surface area contributed by atoms with Crippen LogP contribution in [0.25, 0.3) is 0 Å². The van der Waals surface area contributed by atoms with E-state index in [1.807, 2.05) is 0 Å². The molecule has 4 N–H and O–H groups in total. The molecule has 0 heterocycles. The third-order valence-electron chi connectivity index (χ3n) is 11.0. The molecule has 4 fully saturated rings. The van der Waals surface area contributed by atoms with Crippen molar-refractivity contribution >= 4 is 16.0 Å². The lowest BCUT2D eigenvalue weighted by Gasteiger charge is -2.62. The zero-order valence-electron chi connectivity index (χ0n) is 21.1. The highest BCUT2D eigenvalue weighted by atomic mass is 32.2. The first-order valence-electron chi connectivity index (χ1n) is 13.4. The van der Waals surface area contributed by atoms with Gasteiger partial charge in [0, 0.05) is 13.0 Å². The fourth-order valence-electron chi connectivity index (χ4n) is 9.24. The van der Waals surface area contributed by atoms with E-state index in [2.05, 4.69) is 26.1 Å². The molecular weight excluding hydrogens is 454 g/mol. The van der Waals surface area contributed by atoms with Gasteiger partial charge in [0.15, 0.2) is 0 Å². The van der Waals surface area contributed by atoms with Crippen molar-refractivity contribution in [3.05, 3.63) is 0 Å². The number of amides is 1. The van der Waals surface area contributed by atoms with Crippen LogP contribution in [-0.4, -0.2) is 53.6 Å². The maximum atomic E-state index is 12.2. The Hall–Kier alpha value is -0.700. The van der Waals surface area contributed by atoms with E-state index in [4.69, 9.17) is 4.55 Å². The number of nitrogens with one attached hydrogen (secondary N) is 1. The normalized spacial score (nSPS) is 45.1. The highest BCUT2D eigenvalue weighted by molar-refractivity contribution is 7.85. The first kappa shape index (κ1) is 26.4. The summed E-state index contributed by atoms with van der Waals surface area (Å²) >= 11 is 0. The van der Waals surface area contributed by atoms with Crippen LogP contribution in [0.2, 0.25) is 0 Å². The van der Waals surface area contributed by atoms with E-state index >= 15 is 0 Å². The van der Waals surface area contributed by atoms with Crippen molar-refractivity contribution in [1.82, 2.24) is 5.32 Å². The second kappa shape index (κ2) is 9.64. The van der Waals surface area contributed by atoms with Gasteiger partial charge < -0.3 is 15.5 Å². The van der Waals surface area contributed by atoms with Gasteiger partial charge in [0.25, 0.3) is 10.1 Å². The molecule has 0 spiro atoms. The van der Waals surface area contributed by atoms with Crippen molar-refractivity contribution < 1.29 is 28.0 Å². The molecule has 196 valence electrons. The summed E-state index contributed by atoms with van der Waals surface area (Å²) in [6.45, 7) is 6.99. The lowest BCUT2D eigenvalue weighted by Crippen LogP contribution is -2.59. The number of aliphatic hydroxyl groups excluding tert-OH is 2. The highest BCUT2D eigenvalue weighted by Crippen LogP contribution is 2.68. The van der Waals surface area contributed by atoms with Crippen LogP contribution < -0.4 is 5.32 Å². The summed E-state index contributed by atoms with van der Waals surface area (Å²) in [4.78, 5) is 12.2. The van der Waals surface area contributed by atoms with Crippen molar-refractivity contribution in [2.75, 3.05) is 12.3 Å². The predicted molar refractivity (Wildman–Crippen MR) is 130 cm³/mol. The van der Waals surface area contributed by atoms with Gasteiger partial charge in [-0.05, 0) is 104 Å². The van der Waals surface area contributed by atoms with E-state index < -0.39 is 22.0 Å². The van der Waals surface area contributed by atoms with Gasteiger partial charge in [0.1, 0.15) is 0 Å². The highest BCUT2D eigenvalue weighted by Gasteiger charge is 2.62. The van der Waals surface area contributed by atoms with Crippen LogP contribution in [0, 0.1) is 46.3 Å². The lowest BCUT2D eigenvalue weighted by molar-refractivity contribution is -0.182. The third kappa shape index (κ3) is 4.81. The predicted octanol–water partition coefficient (Wildman–Crippen LogP) is 3.40. The fraction of sp³-hybridized carbons (Fsp3) is 0.962. The van der Waals surface area contributed by atoms with Crippen molar-refractivity contribution in [2.24, 2.45) is 46.3 Å². The zero-order valence-corrected chi connectivity index (χ0v) is 21.9. The quantitative estimate of drug-likeness (QED) is 0.398. The Bertz CT molecular complexity index is 863. The maximum Gasteiger partial charge on any atom is 0.266 e. The van der Waals surface area contributed by atoms with E-state index in [1.165, 1.54) is 25.7 Å². The van der Waals surface area contributed by atoms with Crippen LogP contribution >= 0.6 is 0 Å². The summed E-state index contributed by atoms with van der Waals surface area (Å²) in [5.74, 6) is 2.66. The monoisotopic (exact) mass is 499 g/mol. The third-order valence-corrected chi connectivity index (χ3v) is 11.7. The van der Waals surface area contributed by atoms with Gasteiger partial charge in [0.2, 0.25) is 5.91 Å². The average molecular weight is 500 g/mol. The second-order valence-electron chi connectivity index (χ2n) is 12.5. The SMILES string of the molecule is C[C@H](CCC(=O)NCCS(=O)(=O)O)[C@H]1CC[C@H]2[C@@H]3CC[C@@H]4C[C@H](O)C[C@@H](O)[C@]4(C)[C@H]3CC[C@]12C. The van der Waals surface area contributed by atoms with Crippen LogP contribution in [0.1, 0.15) is 85.0 Å². The van der Waals surface area contributed by atoms with Gasteiger partial charge in [-0.2, -0.15) is 8.42 Å². The van der Waals surface area contributed by atoms with Crippen molar-refractivity contribution in [2.45, 2.75) is 97.2 Å². The largest absolute Gasteiger partial charge is 0.393 e. The number of carbonyl (C=O) groups excluding carboxylic acids is 1. The average Bonchev–Trinajstić information content (AvgIpc) is 3.09. The molecule has 34 heavy (non-hydrogen) atoms. The Kier molecular flexibility index (Phi) is 7.47. The molecular formula is C26H45NO6S. The van der Waals surface area contributed by atoms with Gasteiger partial charge in [-0.15, -0.1) is 0 Å². The van der Waals surface area contributed by atoms with Crippen LogP contribution in [0.15, 0.2) is 0 Å². The summed E-state index contributed by atoms with van der Waals surface area (Å²) in [6.07, 6.45) is 8.82. The molecule has 0 aromatic rings. The Morgan fingerprint density at radius 1 is 1.06 bits per heavy atom. The van der Waals surface area contributed by atoms with Crippen molar-refractivity contribution in [3.8, 4) is 0 Å². The molecule has 0 aliphatic heterocycles. The van der Waals surface area contributed by atoms with Crippen LogP contribution in [-0.2, 0) is 14.9 Å². The van der Waals surface area contributed by atoms with E-state index in [-0.39, 0.29) is 29.4 Å². The molecule has 0 aromatic heterocycles. The van der Waals surface area contributed by atoms with Crippen molar-refractivity contribution in [3.63, 3.8) is 0 Å². The summed E-state index contributed by atoms with van der Waals surface area (Å²) in [7, 11) is -4.06. The number of hydrogen-bond acceptors (Lipinski definition) is 5. The van der Waals surface area contributed by atoms with E-state index in [9.17, 15) is 23.4 Å². The summed E-state index contributed by atoms with van der Waals surface area (Å²) < 4.78 is 30.5. The molecule has 10 atom stereocenters. The Balaban J connectivity index is 1.37. The fourth-order valence-corrected chi connectivity index (χ4v) is 9.60. The maximum absolute atomic E-state index is 12.2. The smallest absolute Gasteiger partial charge is 0.266 e. The molecule has 4 aliphatic carbocycles. The van der Waals surface area contributed by atoms with E-state index in [1.54, 1.807) is 0 Å². The minimum absolute atomic E-state index is 0.0546. The Morgan fingerprint density at radius 2 is 1.79 bits per heavy atom. The molecule has 0 bridgehead atoms.